The predicted molar refractivity (Wildman–Crippen MR) is 106 cm³/mol. The highest BCUT2D eigenvalue weighted by atomic mass is 32.2. The predicted octanol–water partition coefficient (Wildman–Crippen LogP) is 2.69. The molecule has 0 fully saturated rings. The van der Waals surface area contributed by atoms with Gasteiger partial charge in [0.15, 0.2) is 5.16 Å². The first-order valence-corrected chi connectivity index (χ1v) is 9.44. The number of para-hydroxylation sites is 2. The van der Waals surface area contributed by atoms with E-state index in [1.165, 1.54) is 16.7 Å². The third-order valence-electron chi connectivity index (χ3n) is 3.58. The number of hydrogen-bond donors (Lipinski definition) is 1. The average Bonchev–Trinajstić information content (AvgIpc) is 2.89. The molecule has 0 saturated heterocycles. The van der Waals surface area contributed by atoms with Crippen LogP contribution in [0.3, 0.4) is 0 Å². The van der Waals surface area contributed by atoms with Gasteiger partial charge in [-0.15, -0.1) is 6.58 Å². The lowest BCUT2D eigenvalue weighted by molar-refractivity contribution is -0.133. The van der Waals surface area contributed by atoms with Crippen LogP contribution in [0.5, 0.6) is 0 Å². The second-order valence-corrected chi connectivity index (χ2v) is 8.06. The largest absolute Gasteiger partial charge is 0.350 e. The molecule has 2 aromatic rings. The third-order valence-corrected chi connectivity index (χ3v) is 4.54. The molecule has 6 nitrogen and oxygen atoms in total. The van der Waals surface area contributed by atoms with Gasteiger partial charge in [-0.1, -0.05) is 30.0 Å². The number of aromatic nitrogens is 2. The molecule has 0 bridgehead atoms. The number of nitrogens with one attached hydrogen (secondary N) is 1. The number of carbonyl (C=O) groups is 2. The van der Waals surface area contributed by atoms with Crippen molar-refractivity contribution in [1.82, 2.24) is 19.8 Å². The third kappa shape index (κ3) is 5.36. The van der Waals surface area contributed by atoms with E-state index >= 15 is 0 Å². The number of fused-ring (bicyclic) bond motifs is 1. The monoisotopic (exact) mass is 374 g/mol. The SMILES string of the molecule is C=CCn1c(SCC(=O)N(C)CC(=O)NC(C)(C)C)nc2ccccc21. The summed E-state index contributed by atoms with van der Waals surface area (Å²) in [6.45, 7) is 10.2. The van der Waals surface area contributed by atoms with E-state index in [0.717, 1.165) is 16.2 Å². The molecule has 140 valence electrons. The number of imidazole rings is 1. The Balaban J connectivity index is 2.00. The first kappa shape index (κ1) is 20.0. The molecule has 1 N–H and O–H groups in total. The van der Waals surface area contributed by atoms with Gasteiger partial charge in [0.2, 0.25) is 11.8 Å². The molecule has 1 aromatic heterocycles. The molecule has 0 unspecified atom stereocenters. The lowest BCUT2D eigenvalue weighted by Gasteiger charge is -2.23. The van der Waals surface area contributed by atoms with Crippen LogP contribution in [0.2, 0.25) is 0 Å². The Labute approximate surface area is 158 Å². The molecule has 0 saturated carbocycles. The van der Waals surface area contributed by atoms with E-state index in [0.29, 0.717) is 6.54 Å². The van der Waals surface area contributed by atoms with Crippen molar-refractivity contribution < 1.29 is 9.59 Å². The number of rotatable bonds is 7. The molecule has 0 atom stereocenters. The zero-order chi connectivity index (χ0) is 19.3. The zero-order valence-electron chi connectivity index (χ0n) is 15.8. The summed E-state index contributed by atoms with van der Waals surface area (Å²) in [4.78, 5) is 30.4. The van der Waals surface area contributed by atoms with Crippen molar-refractivity contribution in [2.24, 2.45) is 0 Å². The Bertz CT molecular complexity index is 807. The first-order valence-electron chi connectivity index (χ1n) is 8.45. The Morgan fingerprint density at radius 1 is 1.35 bits per heavy atom. The lowest BCUT2D eigenvalue weighted by Crippen LogP contribution is -2.46. The van der Waals surface area contributed by atoms with Gasteiger partial charge in [-0.2, -0.15) is 0 Å². The summed E-state index contributed by atoms with van der Waals surface area (Å²) < 4.78 is 2.03. The van der Waals surface area contributed by atoms with E-state index in [9.17, 15) is 9.59 Å². The minimum atomic E-state index is -0.314. The molecule has 1 heterocycles. The molecule has 26 heavy (non-hydrogen) atoms. The fraction of sp³-hybridized carbons (Fsp3) is 0.421. The minimum Gasteiger partial charge on any atom is -0.350 e. The lowest BCUT2D eigenvalue weighted by atomic mass is 10.1. The topological polar surface area (TPSA) is 67.2 Å². The van der Waals surface area contributed by atoms with Crippen LogP contribution in [0.1, 0.15) is 20.8 Å². The maximum atomic E-state index is 12.4. The molecule has 0 aliphatic rings. The number of benzene rings is 1. The molecule has 2 amide bonds. The molecule has 0 radical (unpaired) electrons. The Morgan fingerprint density at radius 2 is 2.04 bits per heavy atom. The van der Waals surface area contributed by atoms with Gasteiger partial charge in [-0.25, -0.2) is 4.98 Å². The van der Waals surface area contributed by atoms with Crippen LogP contribution in [-0.4, -0.2) is 51.1 Å². The van der Waals surface area contributed by atoms with Gasteiger partial charge in [0.1, 0.15) is 0 Å². The second-order valence-electron chi connectivity index (χ2n) is 7.12. The van der Waals surface area contributed by atoms with E-state index in [1.54, 1.807) is 7.05 Å². The smallest absolute Gasteiger partial charge is 0.240 e. The van der Waals surface area contributed by atoms with Gasteiger partial charge in [-0.05, 0) is 32.9 Å². The van der Waals surface area contributed by atoms with E-state index in [2.05, 4.69) is 16.9 Å². The van der Waals surface area contributed by atoms with Gasteiger partial charge >= 0.3 is 0 Å². The van der Waals surface area contributed by atoms with Crippen LogP contribution in [-0.2, 0) is 16.1 Å². The van der Waals surface area contributed by atoms with E-state index in [-0.39, 0.29) is 29.7 Å². The number of nitrogens with zero attached hydrogens (tertiary/aromatic N) is 3. The summed E-state index contributed by atoms with van der Waals surface area (Å²) in [6, 6.07) is 7.85. The quantitative estimate of drug-likeness (QED) is 0.598. The van der Waals surface area contributed by atoms with Crippen molar-refractivity contribution in [1.29, 1.82) is 0 Å². The highest BCUT2D eigenvalue weighted by Crippen LogP contribution is 2.24. The van der Waals surface area contributed by atoms with Crippen LogP contribution >= 0.6 is 11.8 Å². The van der Waals surface area contributed by atoms with Gasteiger partial charge in [0.25, 0.3) is 0 Å². The van der Waals surface area contributed by atoms with Gasteiger partial charge in [0, 0.05) is 19.1 Å². The number of allylic oxidation sites excluding steroid dienone is 1. The Kier molecular flexibility index (Phi) is 6.47. The van der Waals surface area contributed by atoms with E-state index < -0.39 is 0 Å². The fourth-order valence-corrected chi connectivity index (χ4v) is 3.43. The number of hydrogen-bond acceptors (Lipinski definition) is 4. The van der Waals surface area contributed by atoms with Gasteiger partial charge in [0.05, 0.1) is 23.3 Å². The first-order chi connectivity index (χ1) is 12.2. The number of likely N-dealkylation sites (N-methyl/N-ethyl adjacent to an activating group) is 1. The van der Waals surface area contributed by atoms with Crippen molar-refractivity contribution in [3.63, 3.8) is 0 Å². The normalized spacial score (nSPS) is 11.4. The van der Waals surface area contributed by atoms with Crippen molar-refractivity contribution in [2.75, 3.05) is 19.3 Å². The molecule has 7 heteroatoms. The summed E-state index contributed by atoms with van der Waals surface area (Å²) in [6.07, 6.45) is 1.81. The second kappa shape index (κ2) is 8.40. The number of thioether (sulfide) groups is 1. The maximum absolute atomic E-state index is 12.4. The van der Waals surface area contributed by atoms with Gasteiger partial charge < -0.3 is 14.8 Å². The fourth-order valence-electron chi connectivity index (χ4n) is 2.47. The van der Waals surface area contributed by atoms with E-state index in [1.807, 2.05) is 55.7 Å². The van der Waals surface area contributed by atoms with E-state index in [4.69, 9.17) is 0 Å². The molecule has 0 spiro atoms. The van der Waals surface area contributed by atoms with Crippen LogP contribution < -0.4 is 5.32 Å². The minimum absolute atomic E-state index is 0.0414. The molecule has 0 aliphatic carbocycles. The van der Waals surface area contributed by atoms with Crippen molar-refractivity contribution >= 4 is 34.6 Å². The molecule has 1 aromatic carbocycles. The zero-order valence-corrected chi connectivity index (χ0v) is 16.6. The van der Waals surface area contributed by atoms with Crippen molar-refractivity contribution in [3.8, 4) is 0 Å². The summed E-state index contributed by atoms with van der Waals surface area (Å²) in [7, 11) is 1.64. The molecule has 2 rings (SSSR count). The summed E-state index contributed by atoms with van der Waals surface area (Å²) in [5.74, 6) is -0.0618. The van der Waals surface area contributed by atoms with Crippen LogP contribution in [0, 0.1) is 0 Å². The Hall–Kier alpha value is -2.28. The highest BCUT2D eigenvalue weighted by Gasteiger charge is 2.19. The summed E-state index contributed by atoms with van der Waals surface area (Å²) in [5.41, 5.74) is 1.59. The highest BCUT2D eigenvalue weighted by molar-refractivity contribution is 7.99. The summed E-state index contributed by atoms with van der Waals surface area (Å²) >= 11 is 1.37. The average molecular weight is 375 g/mol. The van der Waals surface area contributed by atoms with Crippen LogP contribution in [0.25, 0.3) is 11.0 Å². The molecular weight excluding hydrogens is 348 g/mol. The summed E-state index contributed by atoms with van der Waals surface area (Å²) in [5, 5.41) is 3.63. The van der Waals surface area contributed by atoms with Crippen LogP contribution in [0.4, 0.5) is 0 Å². The van der Waals surface area contributed by atoms with Crippen LogP contribution in [0.15, 0.2) is 42.1 Å². The maximum Gasteiger partial charge on any atom is 0.240 e. The number of amides is 2. The molecule has 0 aliphatic heterocycles. The van der Waals surface area contributed by atoms with Gasteiger partial charge in [-0.3, -0.25) is 9.59 Å². The number of carbonyl (C=O) groups excluding carboxylic acids is 2. The standard InChI is InChI=1S/C19H26N4O2S/c1-6-11-23-15-10-8-7-9-14(15)20-18(23)26-13-17(25)22(5)12-16(24)21-19(2,3)4/h6-10H,1,11-13H2,2-5H3,(H,21,24). The van der Waals surface area contributed by atoms with Crippen molar-refractivity contribution in [2.45, 2.75) is 38.0 Å². The molecular formula is C19H26N4O2S. The Morgan fingerprint density at radius 3 is 2.69 bits per heavy atom. The van der Waals surface area contributed by atoms with Crippen molar-refractivity contribution in [3.05, 3.63) is 36.9 Å².